The van der Waals surface area contributed by atoms with Crippen molar-refractivity contribution in [3.63, 3.8) is 0 Å². The maximum atomic E-state index is 6.10. The molecule has 0 unspecified atom stereocenters. The van der Waals surface area contributed by atoms with Gasteiger partial charge in [0.05, 0.1) is 28.4 Å². The number of nitrogens with one attached hydrogen (secondary N) is 1. The summed E-state index contributed by atoms with van der Waals surface area (Å²) in [5, 5.41) is 1.88. The van der Waals surface area contributed by atoms with Crippen LogP contribution in [0.5, 0.6) is 0 Å². The smallest absolute Gasteiger partial charge is 0.171 e. The van der Waals surface area contributed by atoms with Crippen molar-refractivity contribution < 1.29 is 0 Å². The largest absolute Gasteiger partial charge is 0.397 e. The Balaban J connectivity index is 1.85. The number of anilines is 1. The topological polar surface area (TPSA) is 67.6 Å². The number of H-pyrrole nitrogens is 1. The van der Waals surface area contributed by atoms with Crippen LogP contribution in [-0.4, -0.2) is 15.0 Å². The summed E-state index contributed by atoms with van der Waals surface area (Å²) >= 11 is 1.54. The van der Waals surface area contributed by atoms with E-state index in [1.54, 1.807) is 6.20 Å². The summed E-state index contributed by atoms with van der Waals surface area (Å²) in [5.41, 5.74) is 9.69. The van der Waals surface area contributed by atoms with Crippen LogP contribution < -0.4 is 5.73 Å². The van der Waals surface area contributed by atoms with Crippen molar-refractivity contribution in [3.8, 4) is 0 Å². The fourth-order valence-electron chi connectivity index (χ4n) is 2.32. The van der Waals surface area contributed by atoms with Gasteiger partial charge in [0.25, 0.3) is 0 Å². The number of nitrogens with two attached hydrogens (primary N) is 1. The van der Waals surface area contributed by atoms with Gasteiger partial charge in [-0.25, -0.2) is 4.98 Å². The zero-order chi connectivity index (χ0) is 14.2. The average molecular weight is 292 g/mol. The second kappa shape index (κ2) is 4.79. The Morgan fingerprint density at radius 3 is 2.57 bits per heavy atom. The molecule has 0 fully saturated rings. The van der Waals surface area contributed by atoms with Crippen LogP contribution in [0.25, 0.3) is 21.9 Å². The van der Waals surface area contributed by atoms with Gasteiger partial charge in [0, 0.05) is 10.3 Å². The molecule has 0 spiro atoms. The molecule has 2 aromatic carbocycles. The third-order valence-corrected chi connectivity index (χ3v) is 4.37. The number of pyridine rings is 1. The number of aromatic nitrogens is 3. The van der Waals surface area contributed by atoms with E-state index in [0.717, 1.165) is 32.0 Å². The molecule has 3 N–H and O–H groups in total. The van der Waals surface area contributed by atoms with E-state index in [1.165, 1.54) is 11.8 Å². The van der Waals surface area contributed by atoms with E-state index in [2.05, 4.69) is 15.0 Å². The Labute approximate surface area is 125 Å². The Morgan fingerprint density at radius 1 is 0.952 bits per heavy atom. The fraction of sp³-hybridized carbons (Fsp3) is 0. The van der Waals surface area contributed by atoms with Crippen molar-refractivity contribution in [2.24, 2.45) is 0 Å². The van der Waals surface area contributed by atoms with Gasteiger partial charge in [-0.05, 0) is 30.0 Å². The molecule has 0 saturated heterocycles. The van der Waals surface area contributed by atoms with E-state index >= 15 is 0 Å². The lowest BCUT2D eigenvalue weighted by molar-refractivity contribution is 1.08. The Bertz CT molecular complexity index is 912. The highest BCUT2D eigenvalue weighted by atomic mass is 32.2. The third kappa shape index (κ3) is 2.11. The van der Waals surface area contributed by atoms with E-state index in [-0.39, 0.29) is 0 Å². The van der Waals surface area contributed by atoms with Gasteiger partial charge in [-0.2, -0.15) is 0 Å². The van der Waals surface area contributed by atoms with Crippen molar-refractivity contribution in [2.75, 3.05) is 5.73 Å². The van der Waals surface area contributed by atoms with Crippen LogP contribution in [0.4, 0.5) is 5.69 Å². The number of nitrogen functional groups attached to an aromatic ring is 1. The molecule has 102 valence electrons. The maximum absolute atomic E-state index is 6.10. The number of imidazole rings is 1. The summed E-state index contributed by atoms with van der Waals surface area (Å²) in [4.78, 5) is 13.2. The minimum atomic E-state index is 0.666. The Morgan fingerprint density at radius 2 is 1.71 bits per heavy atom. The molecule has 0 aliphatic rings. The van der Waals surface area contributed by atoms with Gasteiger partial charge in [0.15, 0.2) is 5.16 Å². The van der Waals surface area contributed by atoms with Crippen molar-refractivity contribution in [2.45, 2.75) is 10.1 Å². The molecule has 21 heavy (non-hydrogen) atoms. The average Bonchev–Trinajstić information content (AvgIpc) is 2.92. The van der Waals surface area contributed by atoms with E-state index in [0.29, 0.717) is 5.69 Å². The summed E-state index contributed by atoms with van der Waals surface area (Å²) in [6.07, 6.45) is 1.70. The number of nitrogens with zero attached hydrogens (tertiary/aromatic N) is 2. The molecule has 4 rings (SSSR count). The molecular weight excluding hydrogens is 280 g/mol. The molecule has 0 bridgehead atoms. The second-order valence-corrected chi connectivity index (χ2v) is 5.72. The first-order valence-corrected chi connectivity index (χ1v) is 7.39. The molecule has 0 atom stereocenters. The monoisotopic (exact) mass is 292 g/mol. The van der Waals surface area contributed by atoms with Crippen molar-refractivity contribution >= 4 is 39.4 Å². The number of hydrogen-bond donors (Lipinski definition) is 2. The minimum absolute atomic E-state index is 0.666. The fourth-order valence-corrected chi connectivity index (χ4v) is 3.27. The van der Waals surface area contributed by atoms with Gasteiger partial charge in [-0.15, -0.1) is 0 Å². The SMILES string of the molecule is Nc1cnc2ccccc2c1Sc1nc2ccccc2[nH]1. The van der Waals surface area contributed by atoms with Crippen LogP contribution in [0, 0.1) is 0 Å². The van der Waals surface area contributed by atoms with Crippen molar-refractivity contribution in [1.82, 2.24) is 15.0 Å². The summed E-state index contributed by atoms with van der Waals surface area (Å²) < 4.78 is 0. The number of rotatable bonds is 2. The van der Waals surface area contributed by atoms with Gasteiger partial charge in [0.1, 0.15) is 0 Å². The van der Waals surface area contributed by atoms with Gasteiger partial charge in [-0.3, -0.25) is 4.98 Å². The maximum Gasteiger partial charge on any atom is 0.171 e. The molecule has 0 radical (unpaired) electrons. The molecule has 4 nitrogen and oxygen atoms in total. The van der Waals surface area contributed by atoms with E-state index in [4.69, 9.17) is 5.73 Å². The summed E-state index contributed by atoms with van der Waals surface area (Å²) in [5.74, 6) is 0. The summed E-state index contributed by atoms with van der Waals surface area (Å²) in [6.45, 7) is 0. The molecule has 0 aliphatic carbocycles. The molecule has 4 aromatic rings. The predicted molar refractivity (Wildman–Crippen MR) is 86.4 cm³/mol. The molecule has 0 amide bonds. The molecular formula is C16H12N4S. The summed E-state index contributed by atoms with van der Waals surface area (Å²) in [6, 6.07) is 16.0. The first-order chi connectivity index (χ1) is 10.3. The van der Waals surface area contributed by atoms with E-state index in [9.17, 15) is 0 Å². The van der Waals surface area contributed by atoms with Gasteiger partial charge in [0.2, 0.25) is 0 Å². The third-order valence-electron chi connectivity index (χ3n) is 3.32. The number of aromatic amines is 1. The number of hydrogen-bond acceptors (Lipinski definition) is 4. The highest BCUT2D eigenvalue weighted by Crippen LogP contribution is 2.36. The number of para-hydroxylation sites is 3. The van der Waals surface area contributed by atoms with Crippen LogP contribution in [0.15, 0.2) is 64.8 Å². The van der Waals surface area contributed by atoms with Gasteiger partial charge >= 0.3 is 0 Å². The Kier molecular flexibility index (Phi) is 2.79. The highest BCUT2D eigenvalue weighted by Gasteiger charge is 2.11. The molecule has 5 heteroatoms. The number of fused-ring (bicyclic) bond motifs is 2. The van der Waals surface area contributed by atoms with Crippen LogP contribution in [0.3, 0.4) is 0 Å². The minimum Gasteiger partial charge on any atom is -0.397 e. The lowest BCUT2D eigenvalue weighted by Crippen LogP contribution is -1.92. The van der Waals surface area contributed by atoms with Crippen LogP contribution in [0.2, 0.25) is 0 Å². The Hall–Kier alpha value is -2.53. The molecule has 2 aromatic heterocycles. The first-order valence-electron chi connectivity index (χ1n) is 6.57. The van der Waals surface area contributed by atoms with E-state index < -0.39 is 0 Å². The van der Waals surface area contributed by atoms with Crippen molar-refractivity contribution in [1.29, 1.82) is 0 Å². The quantitative estimate of drug-likeness (QED) is 0.589. The summed E-state index contributed by atoms with van der Waals surface area (Å²) in [7, 11) is 0. The van der Waals surface area contributed by atoms with Gasteiger partial charge in [-0.1, -0.05) is 30.3 Å². The normalized spacial score (nSPS) is 11.2. The van der Waals surface area contributed by atoms with Crippen LogP contribution in [0.1, 0.15) is 0 Å². The first kappa shape index (κ1) is 12.2. The number of benzene rings is 2. The predicted octanol–water partition coefficient (Wildman–Crippen LogP) is 3.84. The standard InChI is InChI=1S/C16H12N4S/c17-11-9-18-12-6-2-1-5-10(12)15(11)21-16-19-13-7-3-4-8-14(13)20-16/h1-9H,17H2,(H,19,20). The molecule has 0 aliphatic heterocycles. The molecule has 0 saturated carbocycles. The van der Waals surface area contributed by atoms with Gasteiger partial charge < -0.3 is 10.7 Å². The van der Waals surface area contributed by atoms with Crippen molar-refractivity contribution in [3.05, 3.63) is 54.7 Å². The van der Waals surface area contributed by atoms with Crippen LogP contribution >= 0.6 is 11.8 Å². The lowest BCUT2D eigenvalue weighted by atomic mass is 10.2. The zero-order valence-corrected chi connectivity index (χ0v) is 11.9. The highest BCUT2D eigenvalue weighted by molar-refractivity contribution is 7.99. The van der Waals surface area contributed by atoms with Crippen LogP contribution in [-0.2, 0) is 0 Å². The lowest BCUT2D eigenvalue weighted by Gasteiger charge is -2.07. The van der Waals surface area contributed by atoms with E-state index in [1.807, 2.05) is 48.5 Å². The molecule has 2 heterocycles. The second-order valence-electron chi connectivity index (χ2n) is 4.72. The zero-order valence-electron chi connectivity index (χ0n) is 11.1.